The van der Waals surface area contributed by atoms with Crippen molar-refractivity contribution in [3.63, 3.8) is 0 Å². The molecule has 0 aliphatic carbocycles. The predicted molar refractivity (Wildman–Crippen MR) is 62.3 cm³/mol. The molecule has 14 heavy (non-hydrogen) atoms. The molecule has 0 radical (unpaired) electrons. The number of nitrogens with zero attached hydrogens (tertiary/aromatic N) is 2. The van der Waals surface area contributed by atoms with Crippen LogP contribution in [0.25, 0.3) is 10.9 Å². The number of hydrogen-bond acceptors (Lipinski definition) is 2. The van der Waals surface area contributed by atoms with Crippen molar-refractivity contribution >= 4 is 61.6 Å². The van der Waals surface area contributed by atoms with Crippen LogP contribution in [0.2, 0.25) is 15.5 Å². The van der Waals surface area contributed by atoms with E-state index in [1.165, 1.54) is 0 Å². The first-order valence-corrected chi connectivity index (χ1v) is 5.48. The Bertz CT molecular complexity index is 515. The van der Waals surface area contributed by atoms with E-state index >= 15 is 0 Å². The van der Waals surface area contributed by atoms with Crippen molar-refractivity contribution in [2.24, 2.45) is 0 Å². The van der Waals surface area contributed by atoms with Crippen LogP contribution in [0.4, 0.5) is 0 Å². The second-order valence-electron chi connectivity index (χ2n) is 2.57. The molecule has 0 saturated carbocycles. The molecule has 0 unspecified atom stereocenters. The topological polar surface area (TPSA) is 25.8 Å². The molecule has 0 spiro atoms. The minimum absolute atomic E-state index is 0.122. The molecule has 2 rings (SSSR count). The van der Waals surface area contributed by atoms with E-state index in [0.717, 1.165) is 4.47 Å². The molecule has 0 bridgehead atoms. The third-order valence-electron chi connectivity index (χ3n) is 1.66. The molecule has 0 aliphatic rings. The Morgan fingerprint density at radius 2 is 1.79 bits per heavy atom. The van der Waals surface area contributed by atoms with Crippen LogP contribution in [0.3, 0.4) is 0 Å². The fourth-order valence-electron chi connectivity index (χ4n) is 1.06. The minimum atomic E-state index is 0.122. The van der Waals surface area contributed by atoms with E-state index in [2.05, 4.69) is 25.9 Å². The third-order valence-corrected chi connectivity index (χ3v) is 3.32. The van der Waals surface area contributed by atoms with Crippen LogP contribution in [-0.4, -0.2) is 9.97 Å². The second kappa shape index (κ2) is 3.81. The van der Waals surface area contributed by atoms with Crippen LogP contribution in [0.15, 0.2) is 16.6 Å². The molecule has 0 fully saturated rings. The minimum Gasteiger partial charge on any atom is -0.218 e. The Kier molecular flexibility index (Phi) is 2.84. The largest absolute Gasteiger partial charge is 0.224 e. The van der Waals surface area contributed by atoms with E-state index < -0.39 is 0 Å². The lowest BCUT2D eigenvalue weighted by Crippen LogP contribution is -1.87. The summed E-state index contributed by atoms with van der Waals surface area (Å²) in [5.74, 6) is 0. The van der Waals surface area contributed by atoms with Gasteiger partial charge in [0.1, 0.15) is 5.15 Å². The van der Waals surface area contributed by atoms with Crippen LogP contribution in [-0.2, 0) is 0 Å². The average molecular weight is 312 g/mol. The number of fused-ring (bicyclic) bond motifs is 1. The highest BCUT2D eigenvalue weighted by Crippen LogP contribution is 2.30. The first-order chi connectivity index (χ1) is 6.58. The van der Waals surface area contributed by atoms with Gasteiger partial charge in [-0.3, -0.25) is 0 Å². The smallest absolute Gasteiger partial charge is 0.218 e. The van der Waals surface area contributed by atoms with Gasteiger partial charge in [0, 0.05) is 9.86 Å². The monoisotopic (exact) mass is 310 g/mol. The Morgan fingerprint density at radius 3 is 2.50 bits per heavy atom. The van der Waals surface area contributed by atoms with Crippen molar-refractivity contribution < 1.29 is 0 Å². The zero-order valence-electron chi connectivity index (χ0n) is 6.56. The standard InChI is InChI=1S/C8H2BrCl3N2/c9-4-2-6-3(1-5(4)10)7(11)14-8(12)13-6/h1-2H. The predicted octanol–water partition coefficient (Wildman–Crippen LogP) is 4.35. The van der Waals surface area contributed by atoms with Crippen LogP contribution in [0, 0.1) is 0 Å². The molecule has 0 amide bonds. The molecule has 6 heteroatoms. The van der Waals surface area contributed by atoms with Crippen LogP contribution in [0.1, 0.15) is 0 Å². The summed E-state index contributed by atoms with van der Waals surface area (Å²) in [6.45, 7) is 0. The van der Waals surface area contributed by atoms with Crippen molar-refractivity contribution in [1.29, 1.82) is 0 Å². The Hall–Kier alpha value is -0.0900. The molecular weight excluding hydrogens is 310 g/mol. The molecule has 0 N–H and O–H groups in total. The van der Waals surface area contributed by atoms with Crippen molar-refractivity contribution in [3.05, 3.63) is 32.1 Å². The van der Waals surface area contributed by atoms with Gasteiger partial charge in [-0.25, -0.2) is 9.97 Å². The van der Waals surface area contributed by atoms with Gasteiger partial charge in [-0.05, 0) is 39.7 Å². The highest BCUT2D eigenvalue weighted by molar-refractivity contribution is 9.10. The number of aromatic nitrogens is 2. The fraction of sp³-hybridized carbons (Fsp3) is 0. The lowest BCUT2D eigenvalue weighted by Gasteiger charge is -2.02. The Morgan fingerprint density at radius 1 is 1.07 bits per heavy atom. The molecule has 1 aromatic heterocycles. The summed E-state index contributed by atoms with van der Waals surface area (Å²) in [7, 11) is 0. The van der Waals surface area contributed by atoms with Gasteiger partial charge in [-0.2, -0.15) is 0 Å². The summed E-state index contributed by atoms with van der Waals surface area (Å²) in [6, 6.07) is 3.44. The SMILES string of the molecule is Clc1nc(Cl)c2cc(Cl)c(Br)cc2n1. The Balaban J connectivity index is 2.89. The number of halogens is 4. The molecule has 1 aromatic carbocycles. The van der Waals surface area contributed by atoms with Crippen LogP contribution in [0.5, 0.6) is 0 Å². The quantitative estimate of drug-likeness (QED) is 0.534. The van der Waals surface area contributed by atoms with Gasteiger partial charge >= 0.3 is 0 Å². The van der Waals surface area contributed by atoms with Crippen LogP contribution < -0.4 is 0 Å². The fourth-order valence-corrected chi connectivity index (χ4v) is 2.00. The lowest BCUT2D eigenvalue weighted by molar-refractivity contribution is 1.22. The average Bonchev–Trinajstić information content (AvgIpc) is 2.08. The van der Waals surface area contributed by atoms with Gasteiger partial charge in [0.2, 0.25) is 5.28 Å². The summed E-state index contributed by atoms with van der Waals surface area (Å²) >= 11 is 20.7. The summed E-state index contributed by atoms with van der Waals surface area (Å²) in [6.07, 6.45) is 0. The maximum Gasteiger partial charge on any atom is 0.224 e. The summed E-state index contributed by atoms with van der Waals surface area (Å²) < 4.78 is 0.748. The van der Waals surface area contributed by atoms with E-state index in [0.29, 0.717) is 21.1 Å². The van der Waals surface area contributed by atoms with Crippen molar-refractivity contribution in [2.45, 2.75) is 0 Å². The summed E-state index contributed by atoms with van der Waals surface area (Å²) in [4.78, 5) is 7.84. The maximum absolute atomic E-state index is 5.91. The molecule has 2 nitrogen and oxygen atoms in total. The van der Waals surface area contributed by atoms with E-state index in [1.54, 1.807) is 12.1 Å². The zero-order valence-corrected chi connectivity index (χ0v) is 10.4. The van der Waals surface area contributed by atoms with Gasteiger partial charge in [0.25, 0.3) is 0 Å². The number of benzene rings is 1. The maximum atomic E-state index is 5.91. The first kappa shape index (κ1) is 10.4. The van der Waals surface area contributed by atoms with E-state index in [4.69, 9.17) is 34.8 Å². The van der Waals surface area contributed by atoms with Gasteiger partial charge < -0.3 is 0 Å². The van der Waals surface area contributed by atoms with Gasteiger partial charge in [0.15, 0.2) is 0 Å². The highest BCUT2D eigenvalue weighted by atomic mass is 79.9. The normalized spacial score (nSPS) is 10.9. The van der Waals surface area contributed by atoms with Gasteiger partial charge in [-0.15, -0.1) is 0 Å². The second-order valence-corrected chi connectivity index (χ2v) is 4.52. The molecular formula is C8H2BrCl3N2. The molecule has 72 valence electrons. The summed E-state index contributed by atoms with van der Waals surface area (Å²) in [5, 5.41) is 1.67. The third kappa shape index (κ3) is 1.82. The molecule has 1 heterocycles. The Labute approximate surface area is 103 Å². The van der Waals surface area contributed by atoms with Gasteiger partial charge in [-0.1, -0.05) is 23.2 Å². The van der Waals surface area contributed by atoms with Crippen LogP contribution >= 0.6 is 50.7 Å². The lowest BCUT2D eigenvalue weighted by atomic mass is 10.2. The molecule has 0 atom stereocenters. The number of hydrogen-bond donors (Lipinski definition) is 0. The van der Waals surface area contributed by atoms with Crippen molar-refractivity contribution in [2.75, 3.05) is 0 Å². The van der Waals surface area contributed by atoms with E-state index in [9.17, 15) is 0 Å². The van der Waals surface area contributed by atoms with Crippen molar-refractivity contribution in [1.82, 2.24) is 9.97 Å². The molecule has 0 saturated heterocycles. The molecule has 0 aliphatic heterocycles. The van der Waals surface area contributed by atoms with E-state index in [-0.39, 0.29) is 5.28 Å². The van der Waals surface area contributed by atoms with Crippen molar-refractivity contribution in [3.8, 4) is 0 Å². The number of rotatable bonds is 0. The molecule has 2 aromatic rings. The van der Waals surface area contributed by atoms with E-state index in [1.807, 2.05) is 0 Å². The summed E-state index contributed by atoms with van der Waals surface area (Å²) in [5.41, 5.74) is 0.659. The zero-order chi connectivity index (χ0) is 10.3. The highest BCUT2D eigenvalue weighted by Gasteiger charge is 2.07. The van der Waals surface area contributed by atoms with Gasteiger partial charge in [0.05, 0.1) is 10.5 Å². The first-order valence-electron chi connectivity index (χ1n) is 3.56.